The van der Waals surface area contributed by atoms with Crippen molar-refractivity contribution < 1.29 is 23.1 Å². The maximum Gasteiger partial charge on any atom is 0.312 e. The topological polar surface area (TPSA) is 104 Å². The standard InChI is InChI=1S/C24H27ClN2O5S/c1-16-12-18(25)15-19(13-16)33(31,32)27(2)22(14-17-8-4-3-5-9-17)23(28)26-21-11-7-6-10-20(21)24(29)30/h3-6,8-10,12-13,15,20-22H,7,11,14H2,1-2H3,(H,26,28)(H,29,30)/t20?,21?,22-/m0/s1. The number of amides is 1. The molecule has 0 saturated carbocycles. The number of carbonyl (C=O) groups is 2. The molecule has 3 atom stereocenters. The van der Waals surface area contributed by atoms with E-state index in [0.717, 1.165) is 9.87 Å². The number of rotatable bonds is 8. The summed E-state index contributed by atoms with van der Waals surface area (Å²) in [5.41, 5.74) is 1.46. The highest BCUT2D eigenvalue weighted by atomic mass is 35.5. The van der Waals surface area contributed by atoms with E-state index in [1.165, 1.54) is 19.2 Å². The molecule has 9 heteroatoms. The molecule has 0 heterocycles. The van der Waals surface area contributed by atoms with Gasteiger partial charge < -0.3 is 10.4 Å². The van der Waals surface area contributed by atoms with E-state index in [4.69, 9.17) is 11.6 Å². The van der Waals surface area contributed by atoms with Gasteiger partial charge in [0.1, 0.15) is 6.04 Å². The molecule has 33 heavy (non-hydrogen) atoms. The fourth-order valence-electron chi connectivity index (χ4n) is 3.94. The highest BCUT2D eigenvalue weighted by Gasteiger charge is 2.36. The van der Waals surface area contributed by atoms with Gasteiger partial charge in [-0.1, -0.05) is 54.1 Å². The Morgan fingerprint density at radius 1 is 1.21 bits per heavy atom. The zero-order valence-electron chi connectivity index (χ0n) is 18.4. The van der Waals surface area contributed by atoms with Crippen LogP contribution in [0.5, 0.6) is 0 Å². The van der Waals surface area contributed by atoms with Crippen LogP contribution >= 0.6 is 11.6 Å². The molecule has 3 rings (SSSR count). The number of likely N-dealkylation sites (N-methyl/N-ethyl adjacent to an activating group) is 1. The summed E-state index contributed by atoms with van der Waals surface area (Å²) in [6.45, 7) is 1.74. The molecule has 7 nitrogen and oxygen atoms in total. The van der Waals surface area contributed by atoms with Gasteiger partial charge in [-0.05, 0) is 55.5 Å². The van der Waals surface area contributed by atoms with Crippen molar-refractivity contribution in [2.75, 3.05) is 7.05 Å². The Labute approximate surface area is 199 Å². The first kappa shape index (κ1) is 25.0. The van der Waals surface area contributed by atoms with Crippen molar-refractivity contribution in [1.82, 2.24) is 9.62 Å². The van der Waals surface area contributed by atoms with E-state index in [0.29, 0.717) is 18.4 Å². The van der Waals surface area contributed by atoms with E-state index < -0.39 is 39.9 Å². The molecule has 0 aliphatic heterocycles. The number of carboxylic acid groups (broad SMARTS) is 1. The normalized spacial score (nSPS) is 19.3. The SMILES string of the molecule is Cc1cc(Cl)cc(S(=O)(=O)N(C)[C@@H](Cc2ccccc2)C(=O)NC2CCC=CC2C(=O)O)c1. The fraction of sp³-hybridized carbons (Fsp3) is 0.333. The minimum atomic E-state index is -4.06. The summed E-state index contributed by atoms with van der Waals surface area (Å²) in [7, 11) is -2.71. The third-order valence-corrected chi connectivity index (χ3v) is 7.80. The van der Waals surface area contributed by atoms with Crippen molar-refractivity contribution >= 4 is 33.5 Å². The number of carbonyl (C=O) groups excluding carboxylic acids is 1. The summed E-state index contributed by atoms with van der Waals surface area (Å²) in [6.07, 6.45) is 4.57. The van der Waals surface area contributed by atoms with Gasteiger partial charge in [0, 0.05) is 18.1 Å². The number of sulfonamides is 1. The molecule has 0 fully saturated rings. The molecular weight excluding hydrogens is 464 g/mol. The molecule has 0 spiro atoms. The van der Waals surface area contributed by atoms with Crippen LogP contribution in [0.3, 0.4) is 0 Å². The molecule has 2 aromatic carbocycles. The van der Waals surface area contributed by atoms with Gasteiger partial charge in [-0.15, -0.1) is 0 Å². The second-order valence-electron chi connectivity index (χ2n) is 8.18. The number of nitrogens with one attached hydrogen (secondary N) is 1. The van der Waals surface area contributed by atoms with Crippen LogP contribution in [0.25, 0.3) is 0 Å². The molecule has 176 valence electrons. The molecule has 1 aliphatic rings. The lowest BCUT2D eigenvalue weighted by Gasteiger charge is -2.31. The van der Waals surface area contributed by atoms with Crippen LogP contribution in [-0.4, -0.2) is 48.8 Å². The lowest BCUT2D eigenvalue weighted by molar-refractivity contribution is -0.141. The number of hydrogen-bond donors (Lipinski definition) is 2. The van der Waals surface area contributed by atoms with Crippen LogP contribution in [0.2, 0.25) is 5.02 Å². The highest BCUT2D eigenvalue weighted by molar-refractivity contribution is 7.89. The molecule has 0 aromatic heterocycles. The Kier molecular flexibility index (Phi) is 7.94. The Bertz CT molecular complexity index is 1130. The maximum atomic E-state index is 13.4. The van der Waals surface area contributed by atoms with Gasteiger partial charge in [0.15, 0.2) is 0 Å². The first-order chi connectivity index (χ1) is 15.6. The predicted octanol–water partition coefficient (Wildman–Crippen LogP) is 3.42. The first-order valence-corrected chi connectivity index (χ1v) is 12.4. The Morgan fingerprint density at radius 2 is 1.91 bits per heavy atom. The van der Waals surface area contributed by atoms with Crippen LogP contribution in [0.4, 0.5) is 0 Å². The van der Waals surface area contributed by atoms with Gasteiger partial charge in [0.05, 0.1) is 10.8 Å². The summed E-state index contributed by atoms with van der Waals surface area (Å²) in [6, 6.07) is 11.9. The van der Waals surface area contributed by atoms with Gasteiger partial charge in [-0.25, -0.2) is 8.42 Å². The summed E-state index contributed by atoms with van der Waals surface area (Å²) in [5, 5.41) is 12.6. The number of aryl methyl sites for hydroxylation is 1. The summed E-state index contributed by atoms with van der Waals surface area (Å²) >= 11 is 6.08. The predicted molar refractivity (Wildman–Crippen MR) is 127 cm³/mol. The molecule has 0 radical (unpaired) electrons. The molecule has 2 N–H and O–H groups in total. The Balaban J connectivity index is 1.94. The maximum absolute atomic E-state index is 13.4. The second-order valence-corrected chi connectivity index (χ2v) is 10.6. The summed E-state index contributed by atoms with van der Waals surface area (Å²) in [4.78, 5) is 25.0. The number of halogens is 1. The molecule has 0 bridgehead atoms. The van der Waals surface area contributed by atoms with Gasteiger partial charge in [0.25, 0.3) is 0 Å². The molecule has 1 aliphatic carbocycles. The minimum Gasteiger partial charge on any atom is -0.481 e. The molecule has 2 unspecified atom stereocenters. The Hall–Kier alpha value is -2.68. The number of hydrogen-bond acceptors (Lipinski definition) is 4. The zero-order chi connectivity index (χ0) is 24.2. The second kappa shape index (κ2) is 10.5. The smallest absolute Gasteiger partial charge is 0.312 e. The van der Waals surface area contributed by atoms with Gasteiger partial charge in [0.2, 0.25) is 15.9 Å². The van der Waals surface area contributed by atoms with Crippen LogP contribution < -0.4 is 5.32 Å². The number of benzene rings is 2. The lowest BCUT2D eigenvalue weighted by atomic mass is 9.90. The Morgan fingerprint density at radius 3 is 2.55 bits per heavy atom. The third kappa shape index (κ3) is 6.01. The quantitative estimate of drug-likeness (QED) is 0.552. The van der Waals surface area contributed by atoms with Crippen molar-refractivity contribution in [2.45, 2.75) is 43.2 Å². The van der Waals surface area contributed by atoms with Crippen molar-refractivity contribution in [3.8, 4) is 0 Å². The van der Waals surface area contributed by atoms with E-state index in [-0.39, 0.29) is 16.3 Å². The number of nitrogens with zero attached hydrogens (tertiary/aromatic N) is 1. The molecule has 2 aromatic rings. The van der Waals surface area contributed by atoms with Crippen molar-refractivity contribution in [3.05, 3.63) is 76.8 Å². The first-order valence-electron chi connectivity index (χ1n) is 10.6. The fourth-order valence-corrected chi connectivity index (χ4v) is 5.74. The van der Waals surface area contributed by atoms with Crippen LogP contribution in [0.1, 0.15) is 24.0 Å². The number of allylic oxidation sites excluding steroid dienone is 1. The third-order valence-electron chi connectivity index (χ3n) is 5.74. The average Bonchev–Trinajstić information content (AvgIpc) is 2.77. The number of carboxylic acids is 1. The van der Waals surface area contributed by atoms with E-state index in [1.807, 2.05) is 30.3 Å². The van der Waals surface area contributed by atoms with E-state index in [1.54, 1.807) is 25.1 Å². The average molecular weight is 491 g/mol. The van der Waals surface area contributed by atoms with E-state index in [2.05, 4.69) is 5.32 Å². The van der Waals surface area contributed by atoms with Crippen molar-refractivity contribution in [2.24, 2.45) is 5.92 Å². The largest absolute Gasteiger partial charge is 0.481 e. The summed E-state index contributed by atoms with van der Waals surface area (Å²) in [5.74, 6) is -2.45. The molecule has 0 saturated heterocycles. The van der Waals surface area contributed by atoms with Crippen LogP contribution in [0, 0.1) is 12.8 Å². The van der Waals surface area contributed by atoms with E-state index in [9.17, 15) is 23.1 Å². The van der Waals surface area contributed by atoms with Gasteiger partial charge in [-0.3, -0.25) is 9.59 Å². The van der Waals surface area contributed by atoms with Gasteiger partial charge in [-0.2, -0.15) is 4.31 Å². The van der Waals surface area contributed by atoms with Crippen molar-refractivity contribution in [3.63, 3.8) is 0 Å². The lowest BCUT2D eigenvalue weighted by Crippen LogP contribution is -2.53. The van der Waals surface area contributed by atoms with Gasteiger partial charge >= 0.3 is 5.97 Å². The van der Waals surface area contributed by atoms with Crippen LogP contribution in [-0.2, 0) is 26.0 Å². The highest BCUT2D eigenvalue weighted by Crippen LogP contribution is 2.25. The number of aliphatic carboxylic acids is 1. The minimum absolute atomic E-state index is 0.00938. The monoisotopic (exact) mass is 490 g/mol. The zero-order valence-corrected chi connectivity index (χ0v) is 20.0. The summed E-state index contributed by atoms with van der Waals surface area (Å²) < 4.78 is 27.9. The van der Waals surface area contributed by atoms with Crippen molar-refractivity contribution in [1.29, 1.82) is 0 Å². The van der Waals surface area contributed by atoms with Crippen LogP contribution in [0.15, 0.2) is 65.6 Å². The molecular formula is C24H27ClN2O5S. The molecule has 1 amide bonds. The van der Waals surface area contributed by atoms with E-state index >= 15 is 0 Å².